The molecule has 0 aliphatic heterocycles. The molecule has 26 heteroatoms. The Labute approximate surface area is 242 Å². The molecule has 0 amide bonds. The summed E-state index contributed by atoms with van der Waals surface area (Å²) in [6.45, 7) is -3.46. The Morgan fingerprint density at radius 2 is 0.978 bits per heavy atom. The lowest BCUT2D eigenvalue weighted by Crippen LogP contribution is -2.73. The molecule has 0 heterocycles. The first-order valence-electron chi connectivity index (χ1n) is 11.1. The first kappa shape index (κ1) is 41.3. The van der Waals surface area contributed by atoms with Gasteiger partial charge in [-0.1, -0.05) is 0 Å². The summed E-state index contributed by atoms with van der Waals surface area (Å²) >= 11 is 0. The molecule has 0 fully saturated rings. The maximum atomic E-state index is 14.3. The Morgan fingerprint density at radius 3 is 1.24 bits per heavy atom. The van der Waals surface area contributed by atoms with Gasteiger partial charge in [-0.25, -0.2) is 8.42 Å². The monoisotopic (exact) mass is 741 g/mol. The fraction of sp³-hybridized carbons (Fsp3) is 0.600. The molecule has 6 nitrogen and oxygen atoms in total. The third kappa shape index (κ3) is 7.22. The summed E-state index contributed by atoms with van der Waals surface area (Å²) in [5.74, 6) is -25.1. The van der Waals surface area contributed by atoms with Gasteiger partial charge in [0.1, 0.15) is 11.3 Å². The van der Waals surface area contributed by atoms with E-state index < -0.39 is 106 Å². The van der Waals surface area contributed by atoms with Crippen LogP contribution in [0.5, 0.6) is 5.75 Å². The number of sulfonamides is 1. The van der Waals surface area contributed by atoms with Crippen LogP contribution in [-0.4, -0.2) is 92.0 Å². The zero-order valence-electron chi connectivity index (χ0n) is 21.3. The van der Waals surface area contributed by atoms with E-state index in [1.807, 2.05) is 0 Å². The summed E-state index contributed by atoms with van der Waals surface area (Å²) in [7, 11) is -4.91. The van der Waals surface area contributed by atoms with E-state index in [4.69, 9.17) is 10.2 Å². The van der Waals surface area contributed by atoms with Crippen LogP contribution in [0.25, 0.3) is 0 Å². The van der Waals surface area contributed by atoms with Gasteiger partial charge < -0.3 is 14.9 Å². The molecule has 1 aromatic rings. The van der Waals surface area contributed by atoms with E-state index in [1.165, 1.54) is 0 Å². The molecule has 0 bridgehead atoms. The van der Waals surface area contributed by atoms with Gasteiger partial charge in [-0.2, -0.15) is 87.7 Å². The van der Waals surface area contributed by atoms with Crippen molar-refractivity contribution in [3.8, 4) is 5.75 Å². The van der Waals surface area contributed by atoms with Crippen LogP contribution in [0.4, 0.5) is 83.4 Å². The number of alkyl halides is 19. The molecule has 1 aromatic carbocycles. The topological polar surface area (TPSA) is 87.1 Å². The first-order valence-corrected chi connectivity index (χ1v) is 12.5. The number of hydrogen-bond acceptors (Lipinski definition) is 5. The van der Waals surface area contributed by atoms with E-state index >= 15 is 0 Å². The lowest BCUT2D eigenvalue weighted by Gasteiger charge is -2.48. The van der Waals surface area contributed by atoms with Gasteiger partial charge in [-0.3, -0.25) is 0 Å². The quantitative estimate of drug-likeness (QED) is 0.204. The molecule has 0 aromatic heterocycles. The molecule has 0 spiro atoms. The summed E-state index contributed by atoms with van der Waals surface area (Å²) in [5.41, 5.74) is -15.1. The third-order valence-electron chi connectivity index (χ3n) is 5.60. The van der Waals surface area contributed by atoms with E-state index in [1.54, 1.807) is 0 Å². The van der Waals surface area contributed by atoms with Crippen molar-refractivity contribution in [2.24, 2.45) is 5.41 Å². The SMILES string of the molecule is O=S(=O)(c1ccc(OC(=C(C(F)(F)F)C(C(F)(F)F)(C(F)(F)C(F)(F)F)C(F)(F)C(F)(F)F)C(F)(F)F)cc1)N(CCO)CCO. The van der Waals surface area contributed by atoms with Crippen molar-refractivity contribution in [2.75, 3.05) is 26.3 Å². The van der Waals surface area contributed by atoms with Crippen LogP contribution in [0, 0.1) is 5.41 Å². The van der Waals surface area contributed by atoms with Crippen LogP contribution in [0.15, 0.2) is 40.5 Å². The van der Waals surface area contributed by atoms with Crippen LogP contribution >= 0.6 is 0 Å². The summed E-state index contributed by atoms with van der Waals surface area (Å²) in [6.07, 6.45) is -41.6. The largest absolute Gasteiger partial charge is 0.454 e. The summed E-state index contributed by atoms with van der Waals surface area (Å²) in [4.78, 5) is -1.13. The standard InChI is InChI=1S/C20H14F19NO5S/c21-14(22,23)11(13(18(31,32)33,16(27,28)19(34,35)36)17(29,30)20(37,38)39)12(15(24,25)26)45-9-1-3-10(4-2-9)46(43,44)40(5-7-41)6-8-42/h1-4,41-42H,5-8H2. The molecule has 0 aliphatic carbocycles. The number of halogens is 19. The van der Waals surface area contributed by atoms with Gasteiger partial charge in [0.15, 0.2) is 0 Å². The fourth-order valence-electron chi connectivity index (χ4n) is 3.72. The predicted octanol–water partition coefficient (Wildman–Crippen LogP) is 6.36. The maximum absolute atomic E-state index is 14.3. The molecule has 0 radical (unpaired) electrons. The number of aliphatic hydroxyl groups is 2. The predicted molar refractivity (Wildman–Crippen MR) is 110 cm³/mol. The van der Waals surface area contributed by atoms with E-state index in [-0.39, 0.29) is 28.6 Å². The number of rotatable bonds is 11. The van der Waals surface area contributed by atoms with Crippen molar-refractivity contribution in [3.63, 3.8) is 0 Å². The molecule has 0 saturated heterocycles. The smallest absolute Gasteiger partial charge is 0.452 e. The molecule has 0 atom stereocenters. The lowest BCUT2D eigenvalue weighted by atomic mass is 9.66. The van der Waals surface area contributed by atoms with Crippen molar-refractivity contribution >= 4 is 10.0 Å². The minimum absolute atomic E-state index is 0.0271. The Balaban J connectivity index is 4.46. The van der Waals surface area contributed by atoms with Gasteiger partial charge in [0.25, 0.3) is 0 Å². The number of aliphatic hydroxyl groups excluding tert-OH is 2. The second kappa shape index (κ2) is 12.7. The van der Waals surface area contributed by atoms with Gasteiger partial charge in [-0.15, -0.1) is 0 Å². The minimum atomic E-state index is -9.18. The molecular formula is C20H14F19NO5S. The number of benzene rings is 1. The maximum Gasteiger partial charge on any atom is 0.454 e. The zero-order chi connectivity index (χ0) is 36.8. The van der Waals surface area contributed by atoms with E-state index in [0.29, 0.717) is 0 Å². The average molecular weight is 741 g/mol. The van der Waals surface area contributed by atoms with Crippen molar-refractivity contribution in [1.29, 1.82) is 0 Å². The van der Waals surface area contributed by atoms with Crippen LogP contribution < -0.4 is 4.74 Å². The molecule has 46 heavy (non-hydrogen) atoms. The number of hydrogen-bond donors (Lipinski definition) is 2. The van der Waals surface area contributed by atoms with Crippen molar-refractivity contribution < 1.29 is 107 Å². The highest BCUT2D eigenvalue weighted by atomic mass is 32.2. The second-order valence-corrected chi connectivity index (χ2v) is 10.5. The molecule has 0 aliphatic rings. The van der Waals surface area contributed by atoms with Gasteiger partial charge in [0, 0.05) is 13.1 Å². The molecule has 268 valence electrons. The highest BCUT2D eigenvalue weighted by molar-refractivity contribution is 7.89. The van der Waals surface area contributed by atoms with Gasteiger partial charge in [-0.05, 0) is 24.3 Å². The van der Waals surface area contributed by atoms with Crippen LogP contribution in [0.1, 0.15) is 0 Å². The van der Waals surface area contributed by atoms with E-state index in [9.17, 15) is 91.8 Å². The minimum Gasteiger partial charge on any atom is -0.452 e. The molecular weight excluding hydrogens is 727 g/mol. The first-order chi connectivity index (χ1) is 20.2. The second-order valence-electron chi connectivity index (χ2n) is 8.52. The lowest BCUT2D eigenvalue weighted by molar-refractivity contribution is -0.457. The summed E-state index contributed by atoms with van der Waals surface area (Å²) in [5, 5.41) is 17.8. The number of allylic oxidation sites excluding steroid dienone is 2. The van der Waals surface area contributed by atoms with Gasteiger partial charge in [0.2, 0.25) is 21.2 Å². The Bertz CT molecular complexity index is 1310. The number of ether oxygens (including phenoxy) is 1. The van der Waals surface area contributed by atoms with E-state index in [2.05, 4.69) is 4.74 Å². The van der Waals surface area contributed by atoms with Crippen molar-refractivity contribution in [1.82, 2.24) is 4.31 Å². The fourth-order valence-corrected chi connectivity index (χ4v) is 5.14. The highest BCUT2D eigenvalue weighted by Gasteiger charge is 2.96. The molecule has 0 saturated carbocycles. The molecule has 0 unspecified atom stereocenters. The summed E-state index contributed by atoms with van der Waals surface area (Å²) < 4.78 is 289. The zero-order valence-corrected chi connectivity index (χ0v) is 22.1. The normalized spacial score (nSPS) is 15.7. The Kier molecular flexibility index (Phi) is 11.4. The van der Waals surface area contributed by atoms with Crippen molar-refractivity contribution in [3.05, 3.63) is 35.6 Å². The van der Waals surface area contributed by atoms with Crippen LogP contribution in [0.2, 0.25) is 0 Å². The van der Waals surface area contributed by atoms with Gasteiger partial charge >= 0.3 is 42.7 Å². The molecule has 2 N–H and O–H groups in total. The van der Waals surface area contributed by atoms with Gasteiger partial charge in [0.05, 0.1) is 18.1 Å². The van der Waals surface area contributed by atoms with E-state index in [0.717, 1.165) is 0 Å². The number of nitrogens with zero attached hydrogens (tertiary/aromatic N) is 1. The van der Waals surface area contributed by atoms with Crippen LogP contribution in [0.3, 0.4) is 0 Å². The summed E-state index contributed by atoms with van der Waals surface area (Å²) in [6, 6.07) is -0.442. The average Bonchev–Trinajstić information content (AvgIpc) is 2.82. The molecule has 1 rings (SSSR count). The highest BCUT2D eigenvalue weighted by Crippen LogP contribution is 2.72. The Morgan fingerprint density at radius 1 is 0.609 bits per heavy atom. The Hall–Kier alpha value is -2.74. The van der Waals surface area contributed by atoms with Crippen molar-refractivity contribution in [2.45, 2.75) is 47.6 Å². The van der Waals surface area contributed by atoms with Crippen LogP contribution in [-0.2, 0) is 10.0 Å². The third-order valence-corrected chi connectivity index (χ3v) is 7.52.